The smallest absolute Gasteiger partial charge is 0.326 e. The second-order valence-corrected chi connectivity index (χ2v) is 7.13. The topological polar surface area (TPSA) is 208 Å². The number of carbonyl (C=O) groups excluding carboxylic acids is 2. The summed E-state index contributed by atoms with van der Waals surface area (Å²) < 4.78 is 0. The molecule has 3 amide bonds. The lowest BCUT2D eigenvalue weighted by atomic mass is 10.1. The number of amides is 3. The Hall–Kier alpha value is -2.89. The molecule has 0 aliphatic rings. The standard InChI is InChI=1S/C19H34N4O8/c20-11-5-3-1-2-4-6-12-21-15(24)9-7-13(17(27)28)22-19(31)23-14(18(29)30)8-10-16(25)26/h13-14H,1-12,20H2,(H,21,24)(H,25,26)(H,27,28)(H,29,30)(H2,22,23,31)/t13-,14-/m0/s1. The number of nitrogens with one attached hydrogen (secondary N) is 3. The summed E-state index contributed by atoms with van der Waals surface area (Å²) in [5.41, 5.74) is 5.42. The first-order valence-corrected chi connectivity index (χ1v) is 10.4. The Morgan fingerprint density at radius 3 is 1.68 bits per heavy atom. The van der Waals surface area contributed by atoms with E-state index in [1.807, 2.05) is 5.32 Å². The maximum Gasteiger partial charge on any atom is 0.326 e. The molecule has 0 aliphatic heterocycles. The van der Waals surface area contributed by atoms with Crippen molar-refractivity contribution in [1.29, 1.82) is 0 Å². The van der Waals surface area contributed by atoms with E-state index in [0.717, 1.165) is 38.5 Å². The third-order valence-corrected chi connectivity index (χ3v) is 4.47. The summed E-state index contributed by atoms with van der Waals surface area (Å²) in [6.45, 7) is 1.17. The third kappa shape index (κ3) is 15.6. The number of urea groups is 1. The average molecular weight is 447 g/mol. The van der Waals surface area contributed by atoms with Crippen molar-refractivity contribution in [1.82, 2.24) is 16.0 Å². The molecule has 0 aromatic heterocycles. The Morgan fingerprint density at radius 2 is 1.19 bits per heavy atom. The fraction of sp³-hybridized carbons (Fsp3) is 0.737. The van der Waals surface area contributed by atoms with Crippen LogP contribution in [-0.4, -0.2) is 70.3 Å². The molecule has 0 rings (SSSR count). The molecular formula is C19H34N4O8. The monoisotopic (exact) mass is 446 g/mol. The van der Waals surface area contributed by atoms with E-state index >= 15 is 0 Å². The predicted octanol–water partition coefficient (Wildman–Crippen LogP) is 0.253. The normalized spacial score (nSPS) is 12.4. The zero-order valence-corrected chi connectivity index (χ0v) is 17.6. The van der Waals surface area contributed by atoms with Crippen LogP contribution in [-0.2, 0) is 19.2 Å². The van der Waals surface area contributed by atoms with Gasteiger partial charge in [0.2, 0.25) is 5.91 Å². The molecule has 0 aromatic carbocycles. The predicted molar refractivity (Wildman–Crippen MR) is 110 cm³/mol. The SMILES string of the molecule is NCCCCCCCCNC(=O)CC[C@H](NC(=O)N[C@@H](CCC(=O)O)C(=O)O)C(=O)O. The van der Waals surface area contributed by atoms with Gasteiger partial charge in [0.05, 0.1) is 0 Å². The Balaban J connectivity index is 4.25. The van der Waals surface area contributed by atoms with Crippen LogP contribution in [0.1, 0.15) is 64.2 Å². The van der Waals surface area contributed by atoms with Crippen molar-refractivity contribution in [2.45, 2.75) is 76.3 Å². The van der Waals surface area contributed by atoms with Gasteiger partial charge in [0.15, 0.2) is 0 Å². The van der Waals surface area contributed by atoms with E-state index in [9.17, 15) is 29.1 Å². The van der Waals surface area contributed by atoms with E-state index in [-0.39, 0.29) is 25.2 Å². The minimum Gasteiger partial charge on any atom is -0.481 e. The number of hydrogen-bond acceptors (Lipinski definition) is 6. The zero-order valence-electron chi connectivity index (χ0n) is 17.6. The van der Waals surface area contributed by atoms with E-state index in [1.54, 1.807) is 0 Å². The number of nitrogens with two attached hydrogens (primary N) is 1. The Morgan fingerprint density at radius 1 is 0.710 bits per heavy atom. The van der Waals surface area contributed by atoms with Crippen molar-refractivity contribution in [2.24, 2.45) is 5.73 Å². The highest BCUT2D eigenvalue weighted by Gasteiger charge is 2.25. The number of carboxylic acids is 3. The quantitative estimate of drug-likeness (QED) is 0.144. The second-order valence-electron chi connectivity index (χ2n) is 7.13. The molecule has 12 nitrogen and oxygen atoms in total. The van der Waals surface area contributed by atoms with Crippen LogP contribution in [0.25, 0.3) is 0 Å². The molecule has 178 valence electrons. The number of hydrogen-bond donors (Lipinski definition) is 7. The van der Waals surface area contributed by atoms with E-state index in [1.165, 1.54) is 0 Å². The van der Waals surface area contributed by atoms with Gasteiger partial charge in [0.25, 0.3) is 0 Å². The minimum absolute atomic E-state index is 0.130. The van der Waals surface area contributed by atoms with Crippen molar-refractivity contribution in [3.05, 3.63) is 0 Å². The summed E-state index contributed by atoms with van der Waals surface area (Å²) in [6, 6.07) is -3.95. The van der Waals surface area contributed by atoms with Crippen molar-refractivity contribution in [3.63, 3.8) is 0 Å². The lowest BCUT2D eigenvalue weighted by molar-refractivity contribution is -0.141. The van der Waals surface area contributed by atoms with E-state index < -0.39 is 42.4 Å². The van der Waals surface area contributed by atoms with Gasteiger partial charge in [0, 0.05) is 19.4 Å². The number of rotatable bonds is 18. The molecule has 0 aliphatic carbocycles. The zero-order chi connectivity index (χ0) is 23.6. The van der Waals surface area contributed by atoms with Crippen LogP contribution in [0, 0.1) is 0 Å². The molecule has 0 bridgehead atoms. The van der Waals surface area contributed by atoms with Crippen molar-refractivity contribution in [3.8, 4) is 0 Å². The number of unbranched alkanes of at least 4 members (excludes halogenated alkanes) is 5. The van der Waals surface area contributed by atoms with E-state index in [0.29, 0.717) is 13.1 Å². The third-order valence-electron chi connectivity index (χ3n) is 4.47. The summed E-state index contributed by atoms with van der Waals surface area (Å²) in [5, 5.41) is 33.7. The maximum atomic E-state index is 11.9. The Labute approximate surface area is 180 Å². The van der Waals surface area contributed by atoms with E-state index in [4.69, 9.17) is 15.9 Å². The number of carboxylic acid groups (broad SMARTS) is 3. The van der Waals surface area contributed by atoms with Gasteiger partial charge in [-0.25, -0.2) is 14.4 Å². The van der Waals surface area contributed by atoms with Crippen molar-refractivity contribution in [2.75, 3.05) is 13.1 Å². The van der Waals surface area contributed by atoms with Crippen LogP contribution in [0.2, 0.25) is 0 Å². The van der Waals surface area contributed by atoms with Gasteiger partial charge >= 0.3 is 23.9 Å². The summed E-state index contributed by atoms with van der Waals surface area (Å²) >= 11 is 0. The fourth-order valence-electron chi connectivity index (χ4n) is 2.71. The number of carbonyl (C=O) groups is 5. The van der Waals surface area contributed by atoms with Crippen LogP contribution in [0.15, 0.2) is 0 Å². The van der Waals surface area contributed by atoms with Gasteiger partial charge in [-0.1, -0.05) is 25.7 Å². The van der Waals surface area contributed by atoms with Crippen LogP contribution < -0.4 is 21.7 Å². The molecule has 12 heteroatoms. The fourth-order valence-corrected chi connectivity index (χ4v) is 2.71. The molecule has 0 spiro atoms. The molecule has 0 aromatic rings. The highest BCUT2D eigenvalue weighted by molar-refractivity contribution is 5.86. The first kappa shape index (κ1) is 28.1. The van der Waals surface area contributed by atoms with Crippen molar-refractivity contribution < 1.29 is 39.3 Å². The van der Waals surface area contributed by atoms with E-state index in [2.05, 4.69) is 10.6 Å². The molecule has 0 saturated heterocycles. The summed E-state index contributed by atoms with van der Waals surface area (Å²) in [7, 11) is 0. The lowest BCUT2D eigenvalue weighted by Gasteiger charge is -2.18. The number of aliphatic carboxylic acids is 3. The van der Waals surface area contributed by atoms with Gasteiger partial charge < -0.3 is 37.0 Å². The Bertz CT molecular complexity index is 599. The molecule has 0 fully saturated rings. The molecule has 2 atom stereocenters. The first-order valence-electron chi connectivity index (χ1n) is 10.4. The first-order chi connectivity index (χ1) is 14.7. The van der Waals surface area contributed by atoms with Crippen LogP contribution in [0.4, 0.5) is 4.79 Å². The molecule has 8 N–H and O–H groups in total. The maximum absolute atomic E-state index is 11.9. The second kappa shape index (κ2) is 16.9. The van der Waals surface area contributed by atoms with Gasteiger partial charge in [-0.15, -0.1) is 0 Å². The lowest BCUT2D eigenvalue weighted by Crippen LogP contribution is -2.51. The summed E-state index contributed by atoms with van der Waals surface area (Å²) in [6.07, 6.45) is 4.88. The molecule has 0 unspecified atom stereocenters. The van der Waals surface area contributed by atoms with Gasteiger partial charge in [-0.3, -0.25) is 9.59 Å². The minimum atomic E-state index is -1.48. The molecule has 0 radical (unpaired) electrons. The van der Waals surface area contributed by atoms with Gasteiger partial charge in [0.1, 0.15) is 12.1 Å². The molecular weight excluding hydrogens is 412 g/mol. The highest BCUT2D eigenvalue weighted by Crippen LogP contribution is 2.05. The van der Waals surface area contributed by atoms with Gasteiger partial charge in [-0.05, 0) is 32.2 Å². The van der Waals surface area contributed by atoms with Crippen molar-refractivity contribution >= 4 is 29.8 Å². The largest absolute Gasteiger partial charge is 0.481 e. The average Bonchev–Trinajstić information content (AvgIpc) is 2.69. The van der Waals surface area contributed by atoms with Crippen LogP contribution in [0.5, 0.6) is 0 Å². The Kier molecular flexibility index (Phi) is 15.3. The summed E-state index contributed by atoms with van der Waals surface area (Å²) in [5.74, 6) is -4.39. The molecule has 0 heterocycles. The molecule has 31 heavy (non-hydrogen) atoms. The van der Waals surface area contributed by atoms with Crippen LogP contribution in [0.3, 0.4) is 0 Å². The highest BCUT2D eigenvalue weighted by atomic mass is 16.4. The van der Waals surface area contributed by atoms with Gasteiger partial charge in [-0.2, -0.15) is 0 Å². The molecule has 0 saturated carbocycles. The van der Waals surface area contributed by atoms with Crippen LogP contribution >= 0.6 is 0 Å². The summed E-state index contributed by atoms with van der Waals surface area (Å²) in [4.78, 5) is 56.7.